The van der Waals surface area contributed by atoms with Gasteiger partial charge >= 0.3 is 0 Å². The summed E-state index contributed by atoms with van der Waals surface area (Å²) in [5, 5.41) is 3.36. The van der Waals surface area contributed by atoms with Crippen LogP contribution in [0.1, 0.15) is 31.2 Å². The van der Waals surface area contributed by atoms with Gasteiger partial charge in [0.25, 0.3) is 0 Å². The van der Waals surface area contributed by atoms with Gasteiger partial charge in [-0.05, 0) is 62.4 Å². The largest absolute Gasteiger partial charge is 0.319 e. The first-order valence-corrected chi connectivity index (χ1v) is 7.48. The molecule has 0 heterocycles. The normalized spacial score (nSPS) is 24.8. The second-order valence-corrected chi connectivity index (χ2v) is 6.11. The van der Waals surface area contributed by atoms with Crippen molar-refractivity contribution in [3.63, 3.8) is 0 Å². The second-order valence-electron chi connectivity index (χ2n) is 5.20. The molecule has 1 aromatic rings. The number of rotatable bonds is 4. The minimum Gasteiger partial charge on any atom is -0.319 e. The van der Waals surface area contributed by atoms with E-state index in [4.69, 9.17) is 0 Å². The summed E-state index contributed by atoms with van der Waals surface area (Å²) in [4.78, 5) is 0. The Balaban J connectivity index is 2.00. The third-order valence-electron chi connectivity index (χ3n) is 3.92. The van der Waals surface area contributed by atoms with Crippen LogP contribution >= 0.6 is 15.9 Å². The van der Waals surface area contributed by atoms with E-state index in [0.717, 1.165) is 11.8 Å². The summed E-state index contributed by atoms with van der Waals surface area (Å²) < 4.78 is 1.20. The molecule has 0 radical (unpaired) electrons. The average Bonchev–Trinajstić information content (AvgIpc) is 2.32. The molecule has 1 N–H and O–H groups in total. The van der Waals surface area contributed by atoms with E-state index in [9.17, 15) is 0 Å². The van der Waals surface area contributed by atoms with Crippen molar-refractivity contribution in [1.82, 2.24) is 5.32 Å². The van der Waals surface area contributed by atoms with Crippen molar-refractivity contribution in [3.8, 4) is 0 Å². The molecule has 1 aliphatic rings. The van der Waals surface area contributed by atoms with E-state index in [1.807, 2.05) is 0 Å². The quantitative estimate of drug-likeness (QED) is 0.885. The fourth-order valence-corrected chi connectivity index (χ4v) is 3.50. The lowest BCUT2D eigenvalue weighted by Crippen LogP contribution is -2.30. The van der Waals surface area contributed by atoms with Crippen LogP contribution in [0.5, 0.6) is 0 Å². The van der Waals surface area contributed by atoms with Crippen LogP contribution in [0, 0.1) is 11.8 Å². The van der Waals surface area contributed by atoms with Gasteiger partial charge in [-0.2, -0.15) is 0 Å². The van der Waals surface area contributed by atoms with E-state index in [0.29, 0.717) is 0 Å². The fourth-order valence-electron chi connectivity index (χ4n) is 3.05. The maximum atomic E-state index is 3.56. The van der Waals surface area contributed by atoms with Gasteiger partial charge in [0.15, 0.2) is 0 Å². The molecule has 0 spiro atoms. The van der Waals surface area contributed by atoms with Crippen molar-refractivity contribution in [2.75, 3.05) is 13.6 Å². The molecule has 2 atom stereocenters. The molecular weight excluding hydrogens is 274 g/mol. The lowest BCUT2D eigenvalue weighted by atomic mass is 9.76. The predicted octanol–water partition coefficient (Wildman–Crippen LogP) is 4.02. The smallest absolute Gasteiger partial charge is 0.0177 e. The van der Waals surface area contributed by atoms with E-state index in [-0.39, 0.29) is 0 Å². The lowest BCUT2D eigenvalue weighted by Gasteiger charge is -2.31. The minimum absolute atomic E-state index is 0.866. The van der Waals surface area contributed by atoms with E-state index in [1.54, 1.807) is 0 Å². The first kappa shape index (κ1) is 13.1. The third-order valence-corrected chi connectivity index (χ3v) is 4.41. The molecule has 0 aliphatic heterocycles. The second kappa shape index (κ2) is 6.55. The van der Waals surface area contributed by atoms with Gasteiger partial charge in [0, 0.05) is 4.47 Å². The Morgan fingerprint density at radius 2 is 2.00 bits per heavy atom. The summed E-state index contributed by atoms with van der Waals surface area (Å²) in [6, 6.07) is 8.78. The van der Waals surface area contributed by atoms with Crippen LogP contribution < -0.4 is 5.32 Å². The molecule has 0 saturated heterocycles. The SMILES string of the molecule is CNCC1CCCCC1Cc1cccc(Br)c1. The Hall–Kier alpha value is -0.340. The van der Waals surface area contributed by atoms with Crippen LogP contribution in [-0.4, -0.2) is 13.6 Å². The van der Waals surface area contributed by atoms with Crippen LogP contribution in [0.2, 0.25) is 0 Å². The van der Waals surface area contributed by atoms with Crippen molar-refractivity contribution in [3.05, 3.63) is 34.3 Å². The van der Waals surface area contributed by atoms with Gasteiger partial charge in [-0.15, -0.1) is 0 Å². The van der Waals surface area contributed by atoms with Gasteiger partial charge in [-0.1, -0.05) is 40.9 Å². The molecule has 2 unspecified atom stereocenters. The summed E-state index contributed by atoms with van der Waals surface area (Å²) >= 11 is 3.56. The zero-order valence-electron chi connectivity index (χ0n) is 10.6. The Labute approximate surface area is 113 Å². The van der Waals surface area contributed by atoms with Gasteiger partial charge in [-0.3, -0.25) is 0 Å². The van der Waals surface area contributed by atoms with Crippen LogP contribution in [-0.2, 0) is 6.42 Å². The number of nitrogens with one attached hydrogen (secondary N) is 1. The molecule has 0 amide bonds. The third kappa shape index (κ3) is 3.82. The Bertz CT molecular complexity index is 349. The summed E-state index contributed by atoms with van der Waals surface area (Å²) in [6.45, 7) is 1.18. The van der Waals surface area contributed by atoms with Gasteiger partial charge in [-0.25, -0.2) is 0 Å². The highest BCUT2D eigenvalue weighted by molar-refractivity contribution is 9.10. The highest BCUT2D eigenvalue weighted by Gasteiger charge is 2.24. The average molecular weight is 296 g/mol. The van der Waals surface area contributed by atoms with Gasteiger partial charge < -0.3 is 5.32 Å². The van der Waals surface area contributed by atoms with E-state index >= 15 is 0 Å². The summed E-state index contributed by atoms with van der Waals surface area (Å²) in [6.07, 6.45) is 6.88. The molecule has 0 aromatic heterocycles. The molecule has 1 nitrogen and oxygen atoms in total. The van der Waals surface area contributed by atoms with E-state index in [2.05, 4.69) is 52.6 Å². The van der Waals surface area contributed by atoms with Crippen LogP contribution in [0.4, 0.5) is 0 Å². The molecule has 2 heteroatoms. The number of benzene rings is 1. The summed E-state index contributed by atoms with van der Waals surface area (Å²) in [5.41, 5.74) is 1.48. The Morgan fingerprint density at radius 1 is 1.24 bits per heavy atom. The molecule has 1 fully saturated rings. The number of hydrogen-bond acceptors (Lipinski definition) is 1. The lowest BCUT2D eigenvalue weighted by molar-refractivity contribution is 0.232. The van der Waals surface area contributed by atoms with E-state index in [1.165, 1.54) is 48.7 Å². The van der Waals surface area contributed by atoms with Crippen molar-refractivity contribution in [2.24, 2.45) is 11.8 Å². The number of hydrogen-bond donors (Lipinski definition) is 1. The Morgan fingerprint density at radius 3 is 2.71 bits per heavy atom. The molecular formula is C15H22BrN. The zero-order valence-corrected chi connectivity index (χ0v) is 12.2. The van der Waals surface area contributed by atoms with Crippen molar-refractivity contribution >= 4 is 15.9 Å². The fraction of sp³-hybridized carbons (Fsp3) is 0.600. The maximum Gasteiger partial charge on any atom is 0.0177 e. The standard InChI is InChI=1S/C15H22BrN/c1-17-11-14-7-3-2-6-13(14)9-12-5-4-8-15(16)10-12/h4-5,8,10,13-14,17H,2-3,6-7,9,11H2,1H3. The van der Waals surface area contributed by atoms with Crippen molar-refractivity contribution < 1.29 is 0 Å². The molecule has 0 bridgehead atoms. The topological polar surface area (TPSA) is 12.0 Å². The molecule has 1 aliphatic carbocycles. The van der Waals surface area contributed by atoms with Crippen LogP contribution in [0.15, 0.2) is 28.7 Å². The monoisotopic (exact) mass is 295 g/mol. The molecule has 1 saturated carbocycles. The Kier molecular flexibility index (Phi) is 5.05. The van der Waals surface area contributed by atoms with Crippen LogP contribution in [0.3, 0.4) is 0 Å². The van der Waals surface area contributed by atoms with Gasteiger partial charge in [0.05, 0.1) is 0 Å². The highest BCUT2D eigenvalue weighted by Crippen LogP contribution is 2.32. The summed E-state index contributed by atoms with van der Waals surface area (Å²) in [5.74, 6) is 1.73. The predicted molar refractivity (Wildman–Crippen MR) is 77.2 cm³/mol. The molecule has 94 valence electrons. The van der Waals surface area contributed by atoms with Crippen LogP contribution in [0.25, 0.3) is 0 Å². The van der Waals surface area contributed by atoms with E-state index < -0.39 is 0 Å². The highest BCUT2D eigenvalue weighted by atomic mass is 79.9. The van der Waals surface area contributed by atoms with Crippen molar-refractivity contribution in [2.45, 2.75) is 32.1 Å². The zero-order chi connectivity index (χ0) is 12.1. The number of halogens is 1. The maximum absolute atomic E-state index is 3.56. The summed E-state index contributed by atoms with van der Waals surface area (Å²) in [7, 11) is 2.07. The molecule has 1 aromatic carbocycles. The van der Waals surface area contributed by atoms with Crippen molar-refractivity contribution in [1.29, 1.82) is 0 Å². The first-order valence-electron chi connectivity index (χ1n) is 6.68. The van der Waals surface area contributed by atoms with Gasteiger partial charge in [0.2, 0.25) is 0 Å². The minimum atomic E-state index is 0.866. The van der Waals surface area contributed by atoms with Gasteiger partial charge in [0.1, 0.15) is 0 Å². The molecule has 2 rings (SSSR count). The first-order chi connectivity index (χ1) is 8.29. The molecule has 17 heavy (non-hydrogen) atoms.